The zero-order chi connectivity index (χ0) is 22.8. The molecule has 3 heterocycles. The van der Waals surface area contributed by atoms with Gasteiger partial charge in [0.15, 0.2) is 5.82 Å². The van der Waals surface area contributed by atoms with E-state index in [2.05, 4.69) is 25.3 Å². The summed E-state index contributed by atoms with van der Waals surface area (Å²) >= 11 is 0. The summed E-state index contributed by atoms with van der Waals surface area (Å²) in [6.45, 7) is 7.59. The van der Waals surface area contributed by atoms with E-state index in [1.807, 2.05) is 45.3 Å². The third-order valence-electron chi connectivity index (χ3n) is 5.37. The first-order valence-corrected chi connectivity index (χ1v) is 10.7. The number of rotatable bonds is 3. The van der Waals surface area contributed by atoms with Gasteiger partial charge in [-0.05, 0) is 24.3 Å². The fraction of sp³-hybridized carbons (Fsp3) is 0.304. The van der Waals surface area contributed by atoms with Gasteiger partial charge in [-0.2, -0.15) is 5.10 Å². The lowest BCUT2D eigenvalue weighted by atomic mass is 10.1. The zero-order valence-electron chi connectivity index (χ0n) is 18.5. The maximum atomic E-state index is 12.2. The predicted molar refractivity (Wildman–Crippen MR) is 126 cm³/mol. The predicted octanol–water partition coefficient (Wildman–Crippen LogP) is 2.42. The molecule has 0 unspecified atom stereocenters. The summed E-state index contributed by atoms with van der Waals surface area (Å²) < 4.78 is 1.67. The number of carbonyl (C=O) groups excluding carboxylic acids is 1. The van der Waals surface area contributed by atoms with Crippen LogP contribution in [0.1, 0.15) is 24.3 Å². The molecule has 0 atom stereocenters. The Morgan fingerprint density at radius 2 is 1.84 bits per heavy atom. The van der Waals surface area contributed by atoms with Crippen molar-refractivity contribution in [1.82, 2.24) is 25.1 Å². The average Bonchev–Trinajstić information content (AvgIpc) is 3.18. The second kappa shape index (κ2) is 8.80. The molecule has 1 aliphatic rings. The van der Waals surface area contributed by atoms with Gasteiger partial charge in [0.2, 0.25) is 0 Å². The van der Waals surface area contributed by atoms with E-state index in [1.54, 1.807) is 16.8 Å². The minimum atomic E-state index is -0.636. The first kappa shape index (κ1) is 21.5. The van der Waals surface area contributed by atoms with E-state index in [0.717, 1.165) is 37.3 Å². The summed E-state index contributed by atoms with van der Waals surface area (Å²) in [4.78, 5) is 23.5. The Bertz CT molecular complexity index is 1290. The number of nitrogens with one attached hydrogen (secondary N) is 1. The summed E-state index contributed by atoms with van der Waals surface area (Å²) in [5.41, 5.74) is 8.48. The van der Waals surface area contributed by atoms with Gasteiger partial charge >= 0.3 is 0 Å². The highest BCUT2D eigenvalue weighted by Gasteiger charge is 2.19. The molecule has 0 radical (unpaired) electrons. The van der Waals surface area contributed by atoms with Gasteiger partial charge in [0.1, 0.15) is 11.4 Å². The summed E-state index contributed by atoms with van der Waals surface area (Å²) in [6.07, 6.45) is 1.84. The molecule has 1 amide bonds. The zero-order valence-corrected chi connectivity index (χ0v) is 18.5. The fourth-order valence-corrected chi connectivity index (χ4v) is 3.91. The van der Waals surface area contributed by atoms with Gasteiger partial charge in [-0.3, -0.25) is 9.48 Å². The molecule has 1 aliphatic heterocycles. The molecule has 5 rings (SSSR count). The first-order valence-electron chi connectivity index (χ1n) is 10.7. The number of aromatic nitrogens is 4. The van der Waals surface area contributed by atoms with Gasteiger partial charge in [0.25, 0.3) is 5.91 Å². The second-order valence-electron chi connectivity index (χ2n) is 7.43. The monoisotopic (exact) mass is 433 g/mol. The lowest BCUT2D eigenvalue weighted by molar-refractivity contribution is 0.0997. The molecule has 0 bridgehead atoms. The van der Waals surface area contributed by atoms with Gasteiger partial charge in [-0.25, -0.2) is 9.97 Å². The molecule has 166 valence electrons. The number of aromatic hydroxyl groups is 1. The van der Waals surface area contributed by atoms with E-state index in [4.69, 9.17) is 5.73 Å². The van der Waals surface area contributed by atoms with Crippen molar-refractivity contribution in [2.75, 3.05) is 31.1 Å². The van der Waals surface area contributed by atoms with E-state index in [0.29, 0.717) is 22.0 Å². The molecule has 9 heteroatoms. The normalized spacial score (nSPS) is 13.8. The van der Waals surface area contributed by atoms with Crippen LogP contribution in [0.25, 0.3) is 33.2 Å². The van der Waals surface area contributed by atoms with E-state index < -0.39 is 5.91 Å². The average molecular weight is 434 g/mol. The van der Waals surface area contributed by atoms with Crippen LogP contribution in [0.2, 0.25) is 0 Å². The Morgan fingerprint density at radius 3 is 2.56 bits per heavy atom. The van der Waals surface area contributed by atoms with Crippen LogP contribution >= 0.6 is 0 Å². The molecular formula is C23H27N7O2. The van der Waals surface area contributed by atoms with Crippen molar-refractivity contribution in [3.05, 3.63) is 42.2 Å². The van der Waals surface area contributed by atoms with Crippen molar-refractivity contribution < 1.29 is 9.90 Å². The minimum Gasteiger partial charge on any atom is -0.507 e. The van der Waals surface area contributed by atoms with Crippen LogP contribution in [0.5, 0.6) is 5.75 Å². The third-order valence-corrected chi connectivity index (χ3v) is 5.37. The molecule has 0 saturated carbocycles. The van der Waals surface area contributed by atoms with Gasteiger partial charge in [-0.1, -0.05) is 13.8 Å². The fourth-order valence-electron chi connectivity index (χ4n) is 3.91. The number of hydrogen-bond donors (Lipinski definition) is 3. The lowest BCUT2D eigenvalue weighted by Gasteiger charge is -2.29. The van der Waals surface area contributed by atoms with Crippen LogP contribution in [-0.2, 0) is 7.05 Å². The third kappa shape index (κ3) is 3.94. The Balaban J connectivity index is 0.00000119. The lowest BCUT2D eigenvalue weighted by Crippen LogP contribution is -2.43. The second-order valence-corrected chi connectivity index (χ2v) is 7.43. The number of phenols is 1. The van der Waals surface area contributed by atoms with Crippen LogP contribution in [0.15, 0.2) is 36.5 Å². The van der Waals surface area contributed by atoms with E-state index >= 15 is 0 Å². The summed E-state index contributed by atoms with van der Waals surface area (Å²) in [5, 5.41) is 19.6. The Kier molecular flexibility index (Phi) is 5.91. The highest BCUT2D eigenvalue weighted by molar-refractivity contribution is 6.05. The van der Waals surface area contributed by atoms with E-state index in [1.165, 1.54) is 0 Å². The number of carbonyl (C=O) groups is 1. The number of nitrogens with zero attached hydrogens (tertiary/aromatic N) is 5. The van der Waals surface area contributed by atoms with E-state index in [9.17, 15) is 9.90 Å². The highest BCUT2D eigenvalue weighted by Crippen LogP contribution is 2.33. The van der Waals surface area contributed by atoms with Crippen LogP contribution in [0.3, 0.4) is 0 Å². The summed E-state index contributed by atoms with van der Waals surface area (Å²) in [6, 6.07) is 9.09. The SMILES string of the molecule is CC.Cn1cc2cc(-c3nc(C(N)=O)c4cc(N5CCNCC5)ccc4n3)c(O)cc2n1. The number of benzene rings is 2. The van der Waals surface area contributed by atoms with Crippen LogP contribution in [0.4, 0.5) is 5.69 Å². The molecule has 1 fully saturated rings. The number of amides is 1. The molecule has 0 aliphatic carbocycles. The maximum Gasteiger partial charge on any atom is 0.268 e. The number of hydrogen-bond acceptors (Lipinski definition) is 7. The minimum absolute atomic E-state index is 0.00610. The van der Waals surface area contributed by atoms with Crippen LogP contribution < -0.4 is 16.0 Å². The Hall–Kier alpha value is -3.72. The largest absolute Gasteiger partial charge is 0.507 e. The van der Waals surface area contributed by atoms with Crippen LogP contribution in [-0.4, -0.2) is 56.9 Å². The number of fused-ring (bicyclic) bond motifs is 2. The number of nitrogens with two attached hydrogens (primary N) is 1. The molecule has 4 aromatic rings. The molecule has 2 aromatic heterocycles. The van der Waals surface area contributed by atoms with Crippen molar-refractivity contribution in [1.29, 1.82) is 0 Å². The molecule has 2 aromatic carbocycles. The number of piperazine rings is 1. The van der Waals surface area contributed by atoms with Crippen molar-refractivity contribution in [2.45, 2.75) is 13.8 Å². The van der Waals surface area contributed by atoms with E-state index in [-0.39, 0.29) is 17.3 Å². The summed E-state index contributed by atoms with van der Waals surface area (Å²) in [7, 11) is 1.81. The van der Waals surface area contributed by atoms with Crippen LogP contribution in [0, 0.1) is 0 Å². The van der Waals surface area contributed by atoms with Crippen molar-refractivity contribution in [3.8, 4) is 17.1 Å². The van der Waals surface area contributed by atoms with Crippen molar-refractivity contribution >= 4 is 33.4 Å². The number of primary amides is 1. The molecule has 32 heavy (non-hydrogen) atoms. The van der Waals surface area contributed by atoms with Gasteiger partial charge in [-0.15, -0.1) is 0 Å². The highest BCUT2D eigenvalue weighted by atomic mass is 16.3. The molecule has 1 saturated heterocycles. The molecular weight excluding hydrogens is 406 g/mol. The quantitative estimate of drug-likeness (QED) is 0.453. The molecule has 9 nitrogen and oxygen atoms in total. The number of phenolic OH excluding ortho intramolecular Hbond substituents is 1. The molecule has 0 spiro atoms. The topological polar surface area (TPSA) is 122 Å². The first-order chi connectivity index (χ1) is 15.5. The number of aryl methyl sites for hydroxylation is 1. The summed E-state index contributed by atoms with van der Waals surface area (Å²) in [5.74, 6) is -0.397. The van der Waals surface area contributed by atoms with Crippen molar-refractivity contribution in [2.24, 2.45) is 12.8 Å². The smallest absolute Gasteiger partial charge is 0.268 e. The molecule has 4 N–H and O–H groups in total. The van der Waals surface area contributed by atoms with Gasteiger partial charge in [0.05, 0.1) is 16.6 Å². The Labute approximate surface area is 185 Å². The Morgan fingerprint density at radius 1 is 1.09 bits per heavy atom. The number of anilines is 1. The standard InChI is InChI=1S/C21H21N7O2.C2H6/c1-27-11-12-8-15(18(29)10-17(12)26-27)21-24-16-3-2-13(28-6-4-23-5-7-28)9-14(16)19(25-21)20(22)30;1-2/h2-3,8-11,23,29H,4-7H2,1H3,(H2,22,30);1-2H3. The van der Waals surface area contributed by atoms with Crippen molar-refractivity contribution in [3.63, 3.8) is 0 Å². The maximum absolute atomic E-state index is 12.2. The van der Waals surface area contributed by atoms with Gasteiger partial charge < -0.3 is 21.1 Å². The van der Waals surface area contributed by atoms with Gasteiger partial charge in [0, 0.05) is 61.9 Å².